The summed E-state index contributed by atoms with van der Waals surface area (Å²) in [7, 11) is 1.49. The Balaban J connectivity index is 1.94. The summed E-state index contributed by atoms with van der Waals surface area (Å²) in [5.41, 5.74) is 0.134. The summed E-state index contributed by atoms with van der Waals surface area (Å²) in [5, 5.41) is 11.0. The molecule has 1 aliphatic rings. The monoisotopic (exact) mass is 421 g/mol. The summed E-state index contributed by atoms with van der Waals surface area (Å²) in [5.74, 6) is -3.57. The molecule has 1 saturated heterocycles. The van der Waals surface area contributed by atoms with Gasteiger partial charge in [0.15, 0.2) is 0 Å². The summed E-state index contributed by atoms with van der Waals surface area (Å²) in [6.45, 7) is 0. The van der Waals surface area contributed by atoms with Gasteiger partial charge in [-0.1, -0.05) is 30.3 Å². The van der Waals surface area contributed by atoms with Crippen molar-refractivity contribution in [2.45, 2.75) is 6.04 Å². The van der Waals surface area contributed by atoms with Gasteiger partial charge in [0.2, 0.25) is 0 Å². The number of anilines is 1. The van der Waals surface area contributed by atoms with E-state index in [1.54, 1.807) is 42.5 Å². The summed E-state index contributed by atoms with van der Waals surface area (Å²) in [4.78, 5) is 26.8. The van der Waals surface area contributed by atoms with Crippen LogP contribution in [0.15, 0.2) is 78.4 Å². The molecule has 1 N–H and O–H groups in total. The molecule has 31 heavy (non-hydrogen) atoms. The maximum atomic E-state index is 14.6. The first-order chi connectivity index (χ1) is 14.9. The van der Waals surface area contributed by atoms with Crippen molar-refractivity contribution in [1.82, 2.24) is 0 Å². The Morgan fingerprint density at radius 3 is 2.29 bits per heavy atom. The Kier molecular flexibility index (Phi) is 5.25. The average Bonchev–Trinajstić information content (AvgIpc) is 3.06. The van der Waals surface area contributed by atoms with Crippen molar-refractivity contribution in [2.75, 3.05) is 12.0 Å². The molecule has 1 aliphatic heterocycles. The van der Waals surface area contributed by atoms with E-state index < -0.39 is 35.1 Å². The molecule has 1 amide bonds. The molecule has 0 radical (unpaired) electrons. The van der Waals surface area contributed by atoms with E-state index in [2.05, 4.69) is 0 Å². The van der Waals surface area contributed by atoms with Gasteiger partial charge in [0.1, 0.15) is 23.1 Å². The Bertz CT molecular complexity index is 1190. The average molecular weight is 421 g/mol. The normalized spacial score (nSPS) is 17.8. The van der Waals surface area contributed by atoms with Crippen molar-refractivity contribution in [2.24, 2.45) is 0 Å². The smallest absolute Gasteiger partial charge is 0.300 e. The van der Waals surface area contributed by atoms with Gasteiger partial charge in [-0.3, -0.25) is 14.5 Å². The molecule has 0 bridgehead atoms. The number of amides is 1. The Morgan fingerprint density at radius 2 is 1.65 bits per heavy atom. The molecule has 3 aromatic carbocycles. The third-order valence-corrected chi connectivity index (χ3v) is 5.09. The van der Waals surface area contributed by atoms with Crippen molar-refractivity contribution < 1.29 is 28.2 Å². The van der Waals surface area contributed by atoms with E-state index in [9.17, 15) is 23.5 Å². The number of carbonyl (C=O) groups excluding carboxylic acids is 2. The quantitative estimate of drug-likeness (QED) is 0.380. The second-order valence-corrected chi connectivity index (χ2v) is 6.90. The summed E-state index contributed by atoms with van der Waals surface area (Å²) >= 11 is 0. The lowest BCUT2D eigenvalue weighted by Gasteiger charge is -2.25. The number of hydrogen-bond donors (Lipinski definition) is 1. The zero-order chi connectivity index (χ0) is 22.1. The zero-order valence-corrected chi connectivity index (χ0v) is 16.4. The predicted molar refractivity (Wildman–Crippen MR) is 111 cm³/mol. The van der Waals surface area contributed by atoms with Gasteiger partial charge in [0, 0.05) is 11.6 Å². The van der Waals surface area contributed by atoms with E-state index in [-0.39, 0.29) is 16.8 Å². The number of aliphatic hydroxyl groups excluding tert-OH is 1. The van der Waals surface area contributed by atoms with Gasteiger partial charge in [0.05, 0.1) is 24.4 Å². The molecule has 0 aromatic heterocycles. The highest BCUT2D eigenvalue weighted by atomic mass is 19.1. The molecule has 1 heterocycles. The van der Waals surface area contributed by atoms with Crippen LogP contribution in [0.3, 0.4) is 0 Å². The Labute approximate surface area is 176 Å². The van der Waals surface area contributed by atoms with E-state index in [0.717, 1.165) is 23.1 Å². The zero-order valence-electron chi connectivity index (χ0n) is 16.4. The number of methoxy groups -OCH3 is 1. The largest absolute Gasteiger partial charge is 0.507 e. The Hall–Kier alpha value is -4.00. The van der Waals surface area contributed by atoms with Crippen LogP contribution >= 0.6 is 0 Å². The number of rotatable bonds is 4. The van der Waals surface area contributed by atoms with Crippen molar-refractivity contribution in [3.05, 3.63) is 101 Å². The van der Waals surface area contributed by atoms with Crippen molar-refractivity contribution in [3.8, 4) is 5.75 Å². The minimum Gasteiger partial charge on any atom is -0.507 e. The summed E-state index contributed by atoms with van der Waals surface area (Å²) in [6, 6.07) is 16.2. The van der Waals surface area contributed by atoms with E-state index in [0.29, 0.717) is 11.3 Å². The van der Waals surface area contributed by atoms with Crippen LogP contribution in [0.2, 0.25) is 0 Å². The highest BCUT2D eigenvalue weighted by Gasteiger charge is 2.47. The molecule has 0 saturated carbocycles. The molecule has 3 aromatic rings. The van der Waals surface area contributed by atoms with Crippen molar-refractivity contribution >= 4 is 23.1 Å². The molecule has 5 nitrogen and oxygen atoms in total. The molecule has 1 atom stereocenters. The van der Waals surface area contributed by atoms with Gasteiger partial charge in [-0.05, 0) is 42.0 Å². The van der Waals surface area contributed by atoms with Crippen molar-refractivity contribution in [1.29, 1.82) is 0 Å². The molecule has 0 aliphatic carbocycles. The first-order valence-corrected chi connectivity index (χ1v) is 9.38. The fraction of sp³-hybridized carbons (Fsp3) is 0.0833. The van der Waals surface area contributed by atoms with Gasteiger partial charge in [-0.25, -0.2) is 8.78 Å². The standard InChI is InChI=1S/C24H17F2NO4/c1-31-17-10-7-15(8-11-17)22(28)20-21(14-5-3-2-4-6-14)27(24(30)23(20)29)19-13-16(25)9-12-18(19)26/h2-13,21,28H,1H3/b22-20+. The van der Waals surface area contributed by atoms with Crippen LogP contribution in [0.4, 0.5) is 14.5 Å². The first-order valence-electron chi connectivity index (χ1n) is 9.38. The summed E-state index contributed by atoms with van der Waals surface area (Å²) in [6.07, 6.45) is 0. The third-order valence-electron chi connectivity index (χ3n) is 5.09. The van der Waals surface area contributed by atoms with Gasteiger partial charge < -0.3 is 9.84 Å². The highest BCUT2D eigenvalue weighted by Crippen LogP contribution is 2.43. The van der Waals surface area contributed by atoms with E-state index in [4.69, 9.17) is 4.74 Å². The summed E-state index contributed by atoms with van der Waals surface area (Å²) < 4.78 is 33.6. The van der Waals surface area contributed by atoms with Gasteiger partial charge in [-0.15, -0.1) is 0 Å². The fourth-order valence-electron chi connectivity index (χ4n) is 3.61. The molecule has 156 valence electrons. The molecule has 1 fully saturated rings. The topological polar surface area (TPSA) is 66.8 Å². The van der Waals surface area contributed by atoms with Crippen LogP contribution in [0.25, 0.3) is 5.76 Å². The molecular formula is C24H17F2NO4. The van der Waals surface area contributed by atoms with Crippen LogP contribution in [-0.4, -0.2) is 23.9 Å². The number of aliphatic hydroxyl groups is 1. The van der Waals surface area contributed by atoms with Crippen LogP contribution in [0.1, 0.15) is 17.2 Å². The SMILES string of the molecule is COc1ccc(/C(O)=C2\C(=O)C(=O)N(c3cc(F)ccc3F)C2c2ccccc2)cc1. The van der Waals surface area contributed by atoms with Crippen LogP contribution < -0.4 is 9.64 Å². The highest BCUT2D eigenvalue weighted by molar-refractivity contribution is 6.51. The van der Waals surface area contributed by atoms with Gasteiger partial charge >= 0.3 is 0 Å². The Morgan fingerprint density at radius 1 is 0.968 bits per heavy atom. The maximum Gasteiger partial charge on any atom is 0.300 e. The van der Waals surface area contributed by atoms with Crippen LogP contribution in [0.5, 0.6) is 5.75 Å². The lowest BCUT2D eigenvalue weighted by molar-refractivity contribution is -0.132. The number of hydrogen-bond acceptors (Lipinski definition) is 4. The number of carbonyl (C=O) groups is 2. The van der Waals surface area contributed by atoms with E-state index >= 15 is 0 Å². The predicted octanol–water partition coefficient (Wildman–Crippen LogP) is 4.60. The van der Waals surface area contributed by atoms with E-state index in [1.807, 2.05) is 0 Å². The number of Topliss-reactive ketones (excluding diaryl/α,β-unsaturated/α-hetero) is 1. The number of ketones is 1. The number of benzene rings is 3. The minimum atomic E-state index is -1.14. The number of ether oxygens (including phenoxy) is 1. The number of halogens is 2. The number of nitrogens with zero attached hydrogens (tertiary/aromatic N) is 1. The fourth-order valence-corrected chi connectivity index (χ4v) is 3.61. The van der Waals surface area contributed by atoms with Gasteiger partial charge in [-0.2, -0.15) is 0 Å². The molecule has 1 unspecified atom stereocenters. The maximum absolute atomic E-state index is 14.6. The third kappa shape index (κ3) is 3.54. The lowest BCUT2D eigenvalue weighted by Crippen LogP contribution is -2.30. The van der Waals surface area contributed by atoms with Crippen LogP contribution in [0, 0.1) is 11.6 Å². The first kappa shape index (κ1) is 20.3. The van der Waals surface area contributed by atoms with Crippen molar-refractivity contribution in [3.63, 3.8) is 0 Å². The molecule has 4 rings (SSSR count). The van der Waals surface area contributed by atoms with E-state index in [1.165, 1.54) is 19.2 Å². The second-order valence-electron chi connectivity index (χ2n) is 6.90. The molecular weight excluding hydrogens is 404 g/mol. The molecule has 7 heteroatoms. The molecule has 0 spiro atoms. The lowest BCUT2D eigenvalue weighted by atomic mass is 9.95. The van der Waals surface area contributed by atoms with Crippen LogP contribution in [-0.2, 0) is 9.59 Å². The minimum absolute atomic E-state index is 0.218. The second kappa shape index (κ2) is 8.02. The van der Waals surface area contributed by atoms with Gasteiger partial charge in [0.25, 0.3) is 11.7 Å².